The van der Waals surface area contributed by atoms with Crippen molar-refractivity contribution in [2.24, 2.45) is 28.6 Å². The van der Waals surface area contributed by atoms with Crippen LogP contribution in [-0.4, -0.2) is 31.1 Å². The summed E-state index contributed by atoms with van der Waals surface area (Å²) >= 11 is 0. The number of carbonyl (C=O) groups excluding carboxylic acids is 1. The SMILES string of the molecule is O=C(CC(F)S(=O)(=O)O)OCC12CC3CC4CC(C1)C432. The Morgan fingerprint density at radius 1 is 1.30 bits per heavy atom. The second-order valence-electron chi connectivity index (χ2n) is 6.97. The molecule has 0 heterocycles. The van der Waals surface area contributed by atoms with Crippen LogP contribution in [0.5, 0.6) is 0 Å². The van der Waals surface area contributed by atoms with E-state index in [4.69, 9.17) is 9.29 Å². The average molecular weight is 304 g/mol. The average Bonchev–Trinajstić information content (AvgIpc) is 2.23. The smallest absolute Gasteiger partial charge is 0.309 e. The minimum absolute atomic E-state index is 0.100. The van der Waals surface area contributed by atoms with E-state index in [1.807, 2.05) is 0 Å². The fourth-order valence-corrected chi connectivity index (χ4v) is 6.27. The molecule has 4 fully saturated rings. The lowest BCUT2D eigenvalue weighted by molar-refractivity contribution is -0.437. The summed E-state index contributed by atoms with van der Waals surface area (Å²) in [7, 11) is -4.82. The van der Waals surface area contributed by atoms with Gasteiger partial charge in [-0.25, -0.2) is 4.39 Å². The molecule has 112 valence electrons. The highest BCUT2D eigenvalue weighted by Crippen LogP contribution is 2.92. The fourth-order valence-electron chi connectivity index (χ4n) is 5.92. The molecule has 3 atom stereocenters. The van der Waals surface area contributed by atoms with E-state index in [1.165, 1.54) is 12.8 Å². The molecule has 7 heteroatoms. The quantitative estimate of drug-likeness (QED) is 0.615. The van der Waals surface area contributed by atoms with Gasteiger partial charge in [-0.3, -0.25) is 9.35 Å². The molecule has 20 heavy (non-hydrogen) atoms. The molecule has 0 amide bonds. The van der Waals surface area contributed by atoms with Crippen molar-refractivity contribution >= 4 is 16.1 Å². The lowest BCUT2D eigenvalue weighted by Crippen LogP contribution is -2.86. The molecule has 0 aromatic rings. The summed E-state index contributed by atoms with van der Waals surface area (Å²) in [5, 5.41) is 0. The van der Waals surface area contributed by atoms with Crippen LogP contribution in [-0.2, 0) is 19.6 Å². The molecule has 1 spiro atoms. The molecule has 4 aliphatic carbocycles. The van der Waals surface area contributed by atoms with Crippen LogP contribution in [0.2, 0.25) is 0 Å². The first-order chi connectivity index (χ1) is 9.29. The van der Waals surface area contributed by atoms with Crippen LogP contribution in [0.3, 0.4) is 0 Å². The van der Waals surface area contributed by atoms with E-state index < -0.39 is 28.0 Å². The Hall–Kier alpha value is -0.690. The molecular formula is C13H17FO5S. The molecule has 4 rings (SSSR count). The van der Waals surface area contributed by atoms with E-state index in [1.54, 1.807) is 0 Å². The largest absolute Gasteiger partial charge is 0.465 e. The summed E-state index contributed by atoms with van der Waals surface area (Å²) in [4.78, 5) is 11.5. The minimum Gasteiger partial charge on any atom is -0.465 e. The van der Waals surface area contributed by atoms with E-state index in [2.05, 4.69) is 0 Å². The van der Waals surface area contributed by atoms with E-state index >= 15 is 0 Å². The van der Waals surface area contributed by atoms with Crippen LogP contribution in [0.1, 0.15) is 32.1 Å². The monoisotopic (exact) mass is 304 g/mol. The van der Waals surface area contributed by atoms with Gasteiger partial charge in [0.05, 0.1) is 13.0 Å². The first-order valence-corrected chi connectivity index (χ1v) is 8.56. The molecule has 4 aliphatic rings. The van der Waals surface area contributed by atoms with Crippen molar-refractivity contribution < 1.29 is 26.9 Å². The predicted molar refractivity (Wildman–Crippen MR) is 65.8 cm³/mol. The zero-order chi connectivity index (χ0) is 14.3. The molecule has 0 bridgehead atoms. The molecule has 0 aromatic carbocycles. The predicted octanol–water partition coefficient (Wildman–Crippen LogP) is 1.54. The summed E-state index contributed by atoms with van der Waals surface area (Å²) in [6, 6.07) is 0. The Labute approximate surface area is 116 Å². The molecule has 3 unspecified atom stereocenters. The van der Waals surface area contributed by atoms with Crippen LogP contribution in [0, 0.1) is 28.6 Å². The van der Waals surface area contributed by atoms with Crippen molar-refractivity contribution in [2.75, 3.05) is 6.61 Å². The van der Waals surface area contributed by atoms with Crippen LogP contribution in [0.4, 0.5) is 4.39 Å². The van der Waals surface area contributed by atoms with Gasteiger partial charge in [-0.1, -0.05) is 0 Å². The van der Waals surface area contributed by atoms with Crippen molar-refractivity contribution in [1.82, 2.24) is 0 Å². The van der Waals surface area contributed by atoms with E-state index in [0.717, 1.165) is 30.6 Å². The maximum Gasteiger partial charge on any atom is 0.309 e. The van der Waals surface area contributed by atoms with Gasteiger partial charge in [0, 0.05) is 5.41 Å². The maximum atomic E-state index is 13.0. The Morgan fingerprint density at radius 2 is 1.90 bits per heavy atom. The number of carbonyl (C=O) groups is 1. The summed E-state index contributed by atoms with van der Waals surface area (Å²) in [5.41, 5.74) is -2.07. The zero-order valence-corrected chi connectivity index (χ0v) is 11.7. The molecule has 4 saturated carbocycles. The van der Waals surface area contributed by atoms with E-state index in [0.29, 0.717) is 5.41 Å². The highest BCUT2D eigenvalue weighted by Gasteiger charge is 2.87. The molecule has 0 aromatic heterocycles. The van der Waals surface area contributed by atoms with Gasteiger partial charge in [0.25, 0.3) is 10.1 Å². The molecule has 1 N–H and O–H groups in total. The third-order valence-electron chi connectivity index (χ3n) is 6.52. The van der Waals surface area contributed by atoms with Gasteiger partial charge in [-0.05, 0) is 48.9 Å². The summed E-state index contributed by atoms with van der Waals surface area (Å²) in [6.45, 7) is 0.285. The van der Waals surface area contributed by atoms with Gasteiger partial charge >= 0.3 is 5.97 Å². The van der Waals surface area contributed by atoms with Gasteiger partial charge in [-0.15, -0.1) is 0 Å². The van der Waals surface area contributed by atoms with E-state index in [-0.39, 0.29) is 12.0 Å². The summed E-state index contributed by atoms with van der Waals surface area (Å²) < 4.78 is 47.7. The number of esters is 1. The first kappa shape index (κ1) is 13.0. The molecule has 5 nitrogen and oxygen atoms in total. The molecule has 0 saturated heterocycles. The van der Waals surface area contributed by atoms with Gasteiger partial charge in [0.2, 0.25) is 5.50 Å². The van der Waals surface area contributed by atoms with Crippen LogP contribution < -0.4 is 0 Å². The lowest BCUT2D eigenvalue weighted by Gasteiger charge is -2.91. The first-order valence-electron chi connectivity index (χ1n) is 7.05. The standard InChI is InChI=1S/C13H17FO5S/c14-10(20(16,17)18)3-11(15)19-6-12-4-8-1-7-2-9(5-12)13(7,8)12/h7-10H,1-6H2,(H,16,17,18). The fraction of sp³-hybridized carbons (Fsp3) is 0.923. The summed E-state index contributed by atoms with van der Waals surface area (Å²) in [6.07, 6.45) is 3.86. The summed E-state index contributed by atoms with van der Waals surface area (Å²) in [5.74, 6) is 1.50. The molecule has 0 radical (unpaired) electrons. The lowest BCUT2D eigenvalue weighted by atomic mass is 9.13. The minimum atomic E-state index is -4.82. The number of halogens is 1. The zero-order valence-electron chi connectivity index (χ0n) is 10.9. The van der Waals surface area contributed by atoms with Gasteiger partial charge in [0.15, 0.2) is 0 Å². The van der Waals surface area contributed by atoms with Crippen molar-refractivity contribution in [3.05, 3.63) is 0 Å². The number of alkyl halides is 1. The Balaban J connectivity index is 1.33. The van der Waals surface area contributed by atoms with Crippen molar-refractivity contribution in [3.63, 3.8) is 0 Å². The van der Waals surface area contributed by atoms with Crippen LogP contribution in [0.15, 0.2) is 0 Å². The highest BCUT2D eigenvalue weighted by molar-refractivity contribution is 7.86. The normalized spacial score (nSPS) is 48.4. The Kier molecular flexibility index (Phi) is 2.31. The molecule has 0 aliphatic heterocycles. The van der Waals surface area contributed by atoms with E-state index in [9.17, 15) is 17.6 Å². The maximum absolute atomic E-state index is 13.0. The third kappa shape index (κ3) is 1.27. The second-order valence-corrected chi connectivity index (χ2v) is 8.52. The van der Waals surface area contributed by atoms with Gasteiger partial charge in [0.1, 0.15) is 0 Å². The van der Waals surface area contributed by atoms with Crippen molar-refractivity contribution in [1.29, 1.82) is 0 Å². The topological polar surface area (TPSA) is 80.7 Å². The number of hydrogen-bond acceptors (Lipinski definition) is 4. The number of ether oxygens (including phenoxy) is 1. The number of hydrogen-bond donors (Lipinski definition) is 1. The van der Waals surface area contributed by atoms with Crippen LogP contribution >= 0.6 is 0 Å². The second kappa shape index (κ2) is 3.55. The van der Waals surface area contributed by atoms with Gasteiger partial charge in [-0.2, -0.15) is 8.42 Å². The van der Waals surface area contributed by atoms with Crippen molar-refractivity contribution in [2.45, 2.75) is 37.6 Å². The van der Waals surface area contributed by atoms with Gasteiger partial charge < -0.3 is 4.74 Å². The number of rotatable bonds is 5. The van der Waals surface area contributed by atoms with Crippen LogP contribution in [0.25, 0.3) is 0 Å². The van der Waals surface area contributed by atoms with Crippen molar-refractivity contribution in [3.8, 4) is 0 Å². The highest BCUT2D eigenvalue weighted by atomic mass is 32.2. The Bertz CT molecular complexity index is 560. The molecular weight excluding hydrogens is 287 g/mol. The third-order valence-corrected chi connectivity index (χ3v) is 7.33. The Morgan fingerprint density at radius 3 is 2.35 bits per heavy atom.